The number of hydrogen-bond acceptors (Lipinski definition) is 1. The average molecular weight is 397 g/mol. The Labute approximate surface area is 179 Å². The van der Waals surface area contributed by atoms with Crippen LogP contribution >= 0.6 is 0 Å². The molecule has 0 aromatic rings. The van der Waals surface area contributed by atoms with Gasteiger partial charge in [0.05, 0.1) is 6.10 Å². The van der Waals surface area contributed by atoms with Crippen molar-refractivity contribution in [3.05, 3.63) is 35.5 Å². The lowest BCUT2D eigenvalue weighted by atomic mass is 9.50. The number of aliphatic hydroxyl groups excluding tert-OH is 1. The molecule has 3 fully saturated rings. The van der Waals surface area contributed by atoms with Crippen molar-refractivity contribution in [1.29, 1.82) is 0 Å². The molecule has 1 heteroatoms. The molecule has 0 spiro atoms. The lowest BCUT2D eigenvalue weighted by molar-refractivity contribution is 0.0382. The molecule has 1 nitrogen and oxygen atoms in total. The lowest BCUT2D eigenvalue weighted by Gasteiger charge is -2.55. The molecular formula is C28H44O. The van der Waals surface area contributed by atoms with Crippen LogP contribution in [0.3, 0.4) is 0 Å². The first-order valence-corrected chi connectivity index (χ1v) is 12.4. The van der Waals surface area contributed by atoms with Crippen molar-refractivity contribution < 1.29 is 5.11 Å². The molecule has 4 rings (SSSR count). The topological polar surface area (TPSA) is 20.2 Å². The van der Waals surface area contributed by atoms with Gasteiger partial charge in [-0.2, -0.15) is 0 Å². The van der Waals surface area contributed by atoms with Crippen molar-refractivity contribution in [3.8, 4) is 0 Å². The maximum absolute atomic E-state index is 10.2. The van der Waals surface area contributed by atoms with Gasteiger partial charge in [-0.1, -0.05) is 77.0 Å². The Bertz CT molecular complexity index is 712. The third kappa shape index (κ3) is 3.50. The van der Waals surface area contributed by atoms with Crippen molar-refractivity contribution in [1.82, 2.24) is 0 Å². The molecule has 0 amide bonds. The molecule has 0 heterocycles. The third-order valence-electron chi connectivity index (χ3n) is 10.0. The summed E-state index contributed by atoms with van der Waals surface area (Å²) in [5.41, 5.74) is 4.07. The molecule has 0 bridgehead atoms. The van der Waals surface area contributed by atoms with Crippen LogP contribution in [-0.4, -0.2) is 11.2 Å². The second-order valence-electron chi connectivity index (χ2n) is 11.9. The van der Waals surface area contributed by atoms with E-state index in [-0.39, 0.29) is 6.10 Å². The van der Waals surface area contributed by atoms with Gasteiger partial charge in [0.1, 0.15) is 0 Å². The normalized spacial score (nSPS) is 44.0. The Morgan fingerprint density at radius 1 is 0.931 bits per heavy atom. The molecule has 1 N–H and O–H groups in total. The van der Waals surface area contributed by atoms with Crippen LogP contribution in [0.25, 0.3) is 0 Å². The third-order valence-corrected chi connectivity index (χ3v) is 10.0. The zero-order valence-corrected chi connectivity index (χ0v) is 19.7. The molecule has 0 radical (unpaired) electrons. The first-order chi connectivity index (χ1) is 13.7. The predicted molar refractivity (Wildman–Crippen MR) is 123 cm³/mol. The molecule has 0 aliphatic heterocycles. The van der Waals surface area contributed by atoms with Gasteiger partial charge in [-0.15, -0.1) is 0 Å². The van der Waals surface area contributed by atoms with Crippen molar-refractivity contribution in [3.63, 3.8) is 0 Å². The summed E-state index contributed by atoms with van der Waals surface area (Å²) in [4.78, 5) is 0. The van der Waals surface area contributed by atoms with Crippen molar-refractivity contribution in [2.45, 2.75) is 92.6 Å². The highest BCUT2D eigenvalue weighted by Gasteiger charge is 2.56. The highest BCUT2D eigenvalue weighted by Crippen LogP contribution is 2.65. The minimum absolute atomic E-state index is 0.116. The molecule has 0 aromatic carbocycles. The maximum atomic E-state index is 10.2. The van der Waals surface area contributed by atoms with Gasteiger partial charge in [-0.25, -0.2) is 0 Å². The zero-order valence-electron chi connectivity index (χ0n) is 19.7. The van der Waals surface area contributed by atoms with Crippen LogP contribution in [0.4, 0.5) is 0 Å². The standard InChI is InChI=1S/C28H44O/c1-18(2)19(3)7-8-20(4)24-11-12-25-23-10-9-21-17-22(29)13-15-27(21,5)26(23)14-16-28(24,25)6/h7-10,18-20,22,24-26,29H,11-17H2,1-6H3/b8-7+/t19-,20+,22-,24+,25+,26-,27-,28+/m0/s1. The fourth-order valence-electron chi connectivity index (χ4n) is 7.59. The highest BCUT2D eigenvalue weighted by molar-refractivity contribution is 5.39. The summed E-state index contributed by atoms with van der Waals surface area (Å²) in [6.07, 6.45) is 18.4. The summed E-state index contributed by atoms with van der Waals surface area (Å²) >= 11 is 0. The largest absolute Gasteiger partial charge is 0.393 e. The number of fused-ring (bicyclic) bond motifs is 5. The van der Waals surface area contributed by atoms with E-state index in [1.807, 2.05) is 0 Å². The molecule has 29 heavy (non-hydrogen) atoms. The molecule has 0 saturated heterocycles. The van der Waals surface area contributed by atoms with Gasteiger partial charge in [-0.3, -0.25) is 0 Å². The Morgan fingerprint density at radius 3 is 2.41 bits per heavy atom. The van der Waals surface area contributed by atoms with E-state index in [2.05, 4.69) is 65.8 Å². The highest BCUT2D eigenvalue weighted by atomic mass is 16.3. The van der Waals surface area contributed by atoms with E-state index in [9.17, 15) is 5.11 Å². The quantitative estimate of drug-likeness (QED) is 0.493. The zero-order chi connectivity index (χ0) is 21.0. The van der Waals surface area contributed by atoms with Crippen molar-refractivity contribution in [2.75, 3.05) is 0 Å². The first-order valence-electron chi connectivity index (χ1n) is 12.4. The molecule has 8 atom stereocenters. The molecule has 162 valence electrons. The number of hydrogen-bond donors (Lipinski definition) is 1. The van der Waals surface area contributed by atoms with E-state index in [4.69, 9.17) is 0 Å². The monoisotopic (exact) mass is 396 g/mol. The number of aliphatic hydroxyl groups is 1. The van der Waals surface area contributed by atoms with Crippen LogP contribution in [-0.2, 0) is 0 Å². The second kappa shape index (κ2) is 7.70. The summed E-state index contributed by atoms with van der Waals surface area (Å²) in [6, 6.07) is 0. The lowest BCUT2D eigenvalue weighted by Crippen LogP contribution is -2.46. The van der Waals surface area contributed by atoms with E-state index in [1.54, 1.807) is 5.57 Å². The van der Waals surface area contributed by atoms with Crippen molar-refractivity contribution >= 4 is 0 Å². The summed E-state index contributed by atoms with van der Waals surface area (Å²) in [6.45, 7) is 14.6. The van der Waals surface area contributed by atoms with Crippen molar-refractivity contribution in [2.24, 2.45) is 46.3 Å². The van der Waals surface area contributed by atoms with Gasteiger partial charge in [0, 0.05) is 0 Å². The maximum Gasteiger partial charge on any atom is 0.0578 e. The van der Waals surface area contributed by atoms with E-state index < -0.39 is 0 Å². The van der Waals surface area contributed by atoms with E-state index in [0.29, 0.717) is 22.7 Å². The van der Waals surface area contributed by atoms with Crippen LogP contribution in [0.2, 0.25) is 0 Å². The minimum atomic E-state index is -0.116. The van der Waals surface area contributed by atoms with Gasteiger partial charge < -0.3 is 5.11 Å². The number of rotatable bonds is 4. The summed E-state index contributed by atoms with van der Waals surface area (Å²) in [5.74, 6) is 4.38. The SMILES string of the molecule is CC(C)[C@@H](C)/C=C/[C@@H](C)[C@H]1CC[C@@H]2C3=CC=C4C[C@@H](O)CC[C@]4(C)[C@H]3CC[C@@]21C. The minimum Gasteiger partial charge on any atom is -0.393 e. The Hall–Kier alpha value is -0.820. The molecule has 0 aromatic heterocycles. The summed E-state index contributed by atoms with van der Waals surface area (Å²) < 4.78 is 0. The van der Waals surface area contributed by atoms with E-state index in [1.165, 1.54) is 37.7 Å². The predicted octanol–water partition coefficient (Wildman–Crippen LogP) is 7.33. The average Bonchev–Trinajstić information content (AvgIpc) is 3.03. The van der Waals surface area contributed by atoms with Crippen LogP contribution in [0.1, 0.15) is 86.5 Å². The van der Waals surface area contributed by atoms with Crippen LogP contribution in [0.15, 0.2) is 35.5 Å². The van der Waals surface area contributed by atoms with Crippen LogP contribution in [0, 0.1) is 46.3 Å². The van der Waals surface area contributed by atoms with E-state index >= 15 is 0 Å². The molecule has 4 aliphatic carbocycles. The van der Waals surface area contributed by atoms with Crippen LogP contribution < -0.4 is 0 Å². The van der Waals surface area contributed by atoms with E-state index in [0.717, 1.165) is 36.5 Å². The first kappa shape index (κ1) is 21.4. The Balaban J connectivity index is 1.57. The fraction of sp³-hybridized carbons (Fsp3) is 0.786. The number of allylic oxidation sites excluding steroid dienone is 5. The Morgan fingerprint density at radius 2 is 1.69 bits per heavy atom. The Kier molecular flexibility index (Phi) is 5.69. The van der Waals surface area contributed by atoms with Gasteiger partial charge in [0.15, 0.2) is 0 Å². The van der Waals surface area contributed by atoms with Gasteiger partial charge >= 0.3 is 0 Å². The smallest absolute Gasteiger partial charge is 0.0578 e. The summed E-state index contributed by atoms with van der Waals surface area (Å²) in [5, 5.41) is 10.2. The summed E-state index contributed by atoms with van der Waals surface area (Å²) in [7, 11) is 0. The molecule has 4 aliphatic rings. The van der Waals surface area contributed by atoms with Crippen LogP contribution in [0.5, 0.6) is 0 Å². The molecule has 0 unspecified atom stereocenters. The molecular weight excluding hydrogens is 352 g/mol. The molecule has 3 saturated carbocycles. The van der Waals surface area contributed by atoms with Gasteiger partial charge in [0.25, 0.3) is 0 Å². The fourth-order valence-corrected chi connectivity index (χ4v) is 7.59. The van der Waals surface area contributed by atoms with Gasteiger partial charge in [0.2, 0.25) is 0 Å². The second-order valence-corrected chi connectivity index (χ2v) is 11.9. The van der Waals surface area contributed by atoms with Gasteiger partial charge in [-0.05, 0) is 91.3 Å².